The molecule has 1 aliphatic rings. The third-order valence-electron chi connectivity index (χ3n) is 6.13. The normalized spacial score (nSPS) is 23.2. The maximum absolute atomic E-state index is 12.8. The first-order valence-electron chi connectivity index (χ1n) is 12.5. The third-order valence-corrected chi connectivity index (χ3v) is 6.13. The fourth-order valence-electron chi connectivity index (χ4n) is 4.16. The molecule has 1 fully saturated rings. The molecule has 3 N–H and O–H groups in total. The molecule has 13 heteroatoms. The molecule has 1 aromatic carbocycles. The smallest absolute Gasteiger partial charge is 0.416 e. The van der Waals surface area contributed by atoms with Gasteiger partial charge in [0.05, 0.1) is 17.8 Å². The number of allylic oxidation sites excluding steroid dienone is 2. The summed E-state index contributed by atoms with van der Waals surface area (Å²) in [5.41, 5.74) is -0.862. The van der Waals surface area contributed by atoms with E-state index < -0.39 is 53.1 Å². The van der Waals surface area contributed by atoms with Crippen molar-refractivity contribution in [1.29, 1.82) is 0 Å². The van der Waals surface area contributed by atoms with Crippen LogP contribution >= 0.6 is 0 Å². The summed E-state index contributed by atoms with van der Waals surface area (Å²) in [4.78, 5) is 26.1. The van der Waals surface area contributed by atoms with Crippen LogP contribution in [0, 0.1) is 22.0 Å². The topological polar surface area (TPSA) is 149 Å². The number of rotatable bonds is 15. The van der Waals surface area contributed by atoms with Crippen LogP contribution in [0.3, 0.4) is 0 Å². The largest absolute Gasteiger partial charge is 0.491 e. The lowest BCUT2D eigenvalue weighted by Crippen LogP contribution is -2.21. The molecule has 0 spiro atoms. The Hall–Kier alpha value is -3.16. The highest BCUT2D eigenvalue weighted by atomic mass is 19.4. The van der Waals surface area contributed by atoms with Crippen LogP contribution in [-0.4, -0.2) is 64.0 Å². The zero-order valence-electron chi connectivity index (χ0n) is 21.4. The van der Waals surface area contributed by atoms with Gasteiger partial charge >= 0.3 is 12.1 Å². The Morgan fingerprint density at radius 1 is 1.23 bits per heavy atom. The molecule has 39 heavy (non-hydrogen) atoms. The van der Waals surface area contributed by atoms with Gasteiger partial charge in [0.2, 0.25) is 0 Å². The number of carbonyl (C=O) groups is 1. The Morgan fingerprint density at radius 3 is 2.67 bits per heavy atom. The minimum Gasteiger partial charge on any atom is -0.491 e. The van der Waals surface area contributed by atoms with Crippen molar-refractivity contribution in [3.05, 3.63) is 64.2 Å². The highest BCUT2D eigenvalue weighted by Crippen LogP contribution is 2.36. The van der Waals surface area contributed by atoms with Crippen LogP contribution in [0.25, 0.3) is 0 Å². The van der Waals surface area contributed by atoms with E-state index in [-0.39, 0.29) is 37.7 Å². The van der Waals surface area contributed by atoms with Crippen molar-refractivity contribution in [2.24, 2.45) is 11.8 Å². The maximum atomic E-state index is 12.8. The van der Waals surface area contributed by atoms with Crippen molar-refractivity contribution in [3.8, 4) is 5.75 Å². The van der Waals surface area contributed by atoms with Gasteiger partial charge < -0.3 is 29.6 Å². The number of hydrogen-bond acceptors (Lipinski definition) is 9. The van der Waals surface area contributed by atoms with Crippen LogP contribution in [0.5, 0.6) is 5.75 Å². The van der Waals surface area contributed by atoms with E-state index in [0.717, 1.165) is 12.1 Å². The SMILES string of the molecule is CC(COC(=O)CCCC=CC[C@@H]1[C@@H](C=C[C@@H](O)COc2cccc(C(F)(F)F)c2)[C@H](O)C[C@@H]1O)O[N+](=O)[O-]. The van der Waals surface area contributed by atoms with Gasteiger partial charge in [0.1, 0.15) is 31.2 Å². The summed E-state index contributed by atoms with van der Waals surface area (Å²) in [6.07, 6.45) is 0.272. The van der Waals surface area contributed by atoms with Gasteiger partial charge in [-0.2, -0.15) is 13.2 Å². The Morgan fingerprint density at radius 2 is 1.97 bits per heavy atom. The molecule has 1 saturated carbocycles. The third kappa shape index (κ3) is 11.6. The van der Waals surface area contributed by atoms with Crippen LogP contribution in [0.2, 0.25) is 0 Å². The number of aliphatic hydroxyl groups is 3. The lowest BCUT2D eigenvalue weighted by Gasteiger charge is -2.19. The Kier molecular flexibility index (Phi) is 12.7. The molecule has 0 radical (unpaired) electrons. The lowest BCUT2D eigenvalue weighted by molar-refractivity contribution is -0.767. The van der Waals surface area contributed by atoms with Gasteiger partial charge in [0, 0.05) is 18.8 Å². The van der Waals surface area contributed by atoms with Crippen molar-refractivity contribution in [3.63, 3.8) is 0 Å². The van der Waals surface area contributed by atoms with E-state index in [4.69, 9.17) is 9.47 Å². The highest BCUT2D eigenvalue weighted by molar-refractivity contribution is 5.69. The molecule has 1 aliphatic carbocycles. The molecule has 1 unspecified atom stereocenters. The molecule has 2 rings (SSSR count). The second kappa shape index (κ2) is 15.4. The fraction of sp³-hybridized carbons (Fsp3) is 0.577. The molecule has 10 nitrogen and oxygen atoms in total. The van der Waals surface area contributed by atoms with Gasteiger partial charge in [0.15, 0.2) is 0 Å². The van der Waals surface area contributed by atoms with Gasteiger partial charge in [0.25, 0.3) is 5.09 Å². The number of unbranched alkanes of at least 4 members (excludes halogenated alkanes) is 1. The van der Waals surface area contributed by atoms with Gasteiger partial charge in [-0.25, -0.2) is 0 Å². The van der Waals surface area contributed by atoms with E-state index in [9.17, 15) is 43.4 Å². The van der Waals surface area contributed by atoms with Crippen molar-refractivity contribution < 1.29 is 52.7 Å². The van der Waals surface area contributed by atoms with Crippen molar-refractivity contribution in [1.82, 2.24) is 0 Å². The molecule has 0 heterocycles. The molecule has 0 saturated heterocycles. The number of esters is 1. The number of alkyl halides is 3. The maximum Gasteiger partial charge on any atom is 0.416 e. The van der Waals surface area contributed by atoms with Crippen LogP contribution in [0.1, 0.15) is 44.6 Å². The number of nitrogens with zero attached hydrogens (tertiary/aromatic N) is 1. The Balaban J connectivity index is 1.76. The monoisotopic (exact) mass is 561 g/mol. The first kappa shape index (κ1) is 32.1. The van der Waals surface area contributed by atoms with E-state index in [0.29, 0.717) is 19.3 Å². The molecule has 0 bridgehead atoms. The minimum absolute atomic E-state index is 0.0386. The first-order valence-corrected chi connectivity index (χ1v) is 12.5. The second-order valence-corrected chi connectivity index (χ2v) is 9.32. The number of halogens is 3. The highest BCUT2D eigenvalue weighted by Gasteiger charge is 2.39. The number of hydrogen-bond donors (Lipinski definition) is 3. The predicted octanol–water partition coefficient (Wildman–Crippen LogP) is 3.62. The van der Waals surface area contributed by atoms with Crippen LogP contribution in [-0.2, 0) is 20.5 Å². The van der Waals surface area contributed by atoms with Gasteiger partial charge in [-0.3, -0.25) is 4.79 Å². The van der Waals surface area contributed by atoms with E-state index in [2.05, 4.69) is 4.84 Å². The molecular weight excluding hydrogens is 527 g/mol. The average Bonchev–Trinajstić information content (AvgIpc) is 3.13. The molecule has 218 valence electrons. The number of ether oxygens (including phenoxy) is 2. The average molecular weight is 562 g/mol. The summed E-state index contributed by atoms with van der Waals surface area (Å²) in [6, 6.07) is 4.32. The summed E-state index contributed by atoms with van der Waals surface area (Å²) in [7, 11) is 0. The molecule has 0 aliphatic heterocycles. The van der Waals surface area contributed by atoms with E-state index in [1.807, 2.05) is 12.2 Å². The minimum atomic E-state index is -4.51. The summed E-state index contributed by atoms with van der Waals surface area (Å²) in [5.74, 6) is -1.32. The van der Waals surface area contributed by atoms with Gasteiger partial charge in [-0.15, -0.1) is 10.1 Å². The van der Waals surface area contributed by atoms with Gasteiger partial charge in [-0.1, -0.05) is 30.4 Å². The number of aliphatic hydroxyl groups excluding tert-OH is 3. The number of benzene rings is 1. The quantitative estimate of drug-likeness (QED) is 0.0960. The summed E-state index contributed by atoms with van der Waals surface area (Å²) < 4.78 is 48.6. The van der Waals surface area contributed by atoms with Crippen molar-refractivity contribution in [2.75, 3.05) is 13.2 Å². The molecule has 0 aromatic heterocycles. The number of carbonyl (C=O) groups excluding carboxylic acids is 1. The van der Waals surface area contributed by atoms with Crippen molar-refractivity contribution >= 4 is 5.97 Å². The van der Waals surface area contributed by atoms with Crippen LogP contribution < -0.4 is 4.74 Å². The lowest BCUT2D eigenvalue weighted by atomic mass is 9.89. The molecule has 6 atom stereocenters. The second-order valence-electron chi connectivity index (χ2n) is 9.32. The molecule has 0 amide bonds. The standard InChI is InChI=1S/C26H34F3NO9/c1-17(39-30(35)36)15-38-25(34)10-5-3-2-4-9-21-22(24(33)14-23(21)32)12-11-19(31)16-37-20-8-6-7-18(13-20)26(27,28)29/h2,4,6-8,11-13,17,19,21-24,31-33H,3,5,9-10,14-16H2,1H3/t17?,19-,21-,22-,23+,24-/m1/s1. The molecule has 1 aromatic rings. The summed E-state index contributed by atoms with van der Waals surface area (Å²) in [6.45, 7) is 0.890. The summed E-state index contributed by atoms with van der Waals surface area (Å²) in [5, 5.41) is 40.2. The van der Waals surface area contributed by atoms with E-state index in [1.54, 1.807) is 6.08 Å². The first-order chi connectivity index (χ1) is 18.4. The van der Waals surface area contributed by atoms with Crippen LogP contribution in [0.4, 0.5) is 13.2 Å². The van der Waals surface area contributed by atoms with Crippen LogP contribution in [0.15, 0.2) is 48.6 Å². The molecular formula is C26H34F3NO9. The predicted molar refractivity (Wildman–Crippen MR) is 132 cm³/mol. The van der Waals surface area contributed by atoms with Crippen molar-refractivity contribution in [2.45, 2.75) is 69.6 Å². The van der Waals surface area contributed by atoms with E-state index >= 15 is 0 Å². The zero-order chi connectivity index (χ0) is 29.0. The zero-order valence-corrected chi connectivity index (χ0v) is 21.4. The Labute approximate surface area is 223 Å². The van der Waals surface area contributed by atoms with E-state index in [1.165, 1.54) is 25.1 Å². The fourth-order valence-corrected chi connectivity index (χ4v) is 4.16. The Bertz CT molecular complexity index is 986. The van der Waals surface area contributed by atoms with Gasteiger partial charge in [-0.05, 0) is 50.3 Å². The summed E-state index contributed by atoms with van der Waals surface area (Å²) >= 11 is 0.